The molecule has 3 aromatic rings. The Morgan fingerprint density at radius 1 is 0.964 bits per heavy atom. The molecule has 5 nitrogen and oxygen atoms in total. The smallest absolute Gasteiger partial charge is 0.244 e. The van der Waals surface area contributed by atoms with Gasteiger partial charge in [-0.05, 0) is 42.5 Å². The van der Waals surface area contributed by atoms with Crippen LogP contribution in [0.3, 0.4) is 0 Å². The zero-order valence-corrected chi connectivity index (χ0v) is 16.0. The predicted molar refractivity (Wildman–Crippen MR) is 107 cm³/mol. The molecule has 0 spiro atoms. The number of fused-ring (bicyclic) bond motifs is 2. The zero-order chi connectivity index (χ0) is 19.1. The van der Waals surface area contributed by atoms with E-state index in [0.717, 1.165) is 19.3 Å². The molecule has 2 atom stereocenters. The fourth-order valence-electron chi connectivity index (χ4n) is 4.40. The summed E-state index contributed by atoms with van der Waals surface area (Å²) < 4.78 is 34.2. The third-order valence-corrected chi connectivity index (χ3v) is 7.66. The van der Waals surface area contributed by atoms with Gasteiger partial charge in [0.05, 0.1) is 11.1 Å². The fourth-order valence-corrected chi connectivity index (χ4v) is 6.42. The normalized spacial score (nSPS) is 22.2. The molecule has 5 rings (SSSR count). The minimum absolute atomic E-state index is 0.0158. The lowest BCUT2D eigenvalue weighted by Gasteiger charge is -2.33. The van der Waals surface area contributed by atoms with Crippen LogP contribution in [0.25, 0.3) is 16.9 Å². The van der Waals surface area contributed by atoms with E-state index in [2.05, 4.69) is 23.4 Å². The molecule has 28 heavy (non-hydrogen) atoms. The summed E-state index contributed by atoms with van der Waals surface area (Å²) in [5.41, 5.74) is 2.97. The lowest BCUT2D eigenvalue weighted by Crippen LogP contribution is -2.43. The van der Waals surface area contributed by atoms with Gasteiger partial charge in [-0.25, -0.2) is 8.42 Å². The molecule has 0 aliphatic carbocycles. The number of benzene rings is 2. The second-order valence-corrected chi connectivity index (χ2v) is 9.08. The summed E-state index contributed by atoms with van der Waals surface area (Å²) in [5.74, 6) is 0.462. The minimum Gasteiger partial charge on any atom is -0.356 e. The highest BCUT2D eigenvalue weighted by molar-refractivity contribution is 7.89. The largest absolute Gasteiger partial charge is 0.356 e. The van der Waals surface area contributed by atoms with Crippen LogP contribution in [0.15, 0.2) is 82.4 Å². The van der Waals surface area contributed by atoms with E-state index in [0.29, 0.717) is 11.3 Å². The number of nitrogens with zero attached hydrogens (tertiary/aromatic N) is 2. The maximum absolute atomic E-state index is 13.6. The summed E-state index contributed by atoms with van der Waals surface area (Å²) >= 11 is 0. The zero-order valence-electron chi connectivity index (χ0n) is 15.2. The molecule has 2 aromatic carbocycles. The van der Waals surface area contributed by atoms with Crippen LogP contribution in [-0.2, 0) is 10.0 Å². The van der Waals surface area contributed by atoms with Crippen LogP contribution in [0.2, 0.25) is 0 Å². The van der Waals surface area contributed by atoms with Gasteiger partial charge in [0.15, 0.2) is 5.76 Å². The van der Waals surface area contributed by atoms with Gasteiger partial charge in [-0.2, -0.15) is 4.31 Å². The molecular weight excluding hydrogens is 372 g/mol. The molecule has 1 fully saturated rings. The first-order valence-corrected chi connectivity index (χ1v) is 10.9. The third kappa shape index (κ3) is 2.80. The molecule has 1 saturated heterocycles. The van der Waals surface area contributed by atoms with Crippen molar-refractivity contribution in [2.45, 2.75) is 36.2 Å². The van der Waals surface area contributed by atoms with Crippen LogP contribution in [0, 0.1) is 0 Å². The number of hydrogen-bond donors (Lipinski definition) is 0. The summed E-state index contributed by atoms with van der Waals surface area (Å²) in [4.78, 5) is 0.278. The third-order valence-electron chi connectivity index (χ3n) is 5.62. The fraction of sp³-hybridized carbons (Fsp3) is 0.227. The Hall–Kier alpha value is -2.70. The lowest BCUT2D eigenvalue weighted by molar-refractivity contribution is 0.345. The van der Waals surface area contributed by atoms with Crippen molar-refractivity contribution in [1.29, 1.82) is 0 Å². The highest BCUT2D eigenvalue weighted by Gasteiger charge is 2.45. The molecule has 3 heterocycles. The van der Waals surface area contributed by atoms with Crippen LogP contribution in [0.4, 0.5) is 0 Å². The molecule has 2 aliphatic rings. The maximum atomic E-state index is 13.6. The van der Waals surface area contributed by atoms with Gasteiger partial charge in [0.25, 0.3) is 0 Å². The first-order chi connectivity index (χ1) is 13.6. The molecule has 2 unspecified atom stereocenters. The molecule has 0 saturated carbocycles. The quantitative estimate of drug-likeness (QED) is 0.662. The molecule has 1 aromatic heterocycles. The van der Waals surface area contributed by atoms with Gasteiger partial charge in [0, 0.05) is 23.7 Å². The second kappa shape index (κ2) is 6.72. The highest BCUT2D eigenvalue weighted by Crippen LogP contribution is 2.43. The monoisotopic (exact) mass is 392 g/mol. The van der Waals surface area contributed by atoms with Crippen LogP contribution >= 0.6 is 0 Å². The van der Waals surface area contributed by atoms with Crippen LogP contribution in [-0.4, -0.2) is 30.0 Å². The Morgan fingerprint density at radius 2 is 1.75 bits per heavy atom. The summed E-state index contributed by atoms with van der Waals surface area (Å²) in [5, 5.41) is 3.73. The summed E-state index contributed by atoms with van der Waals surface area (Å²) in [6.07, 6.45) is 6.13. The number of aromatic nitrogens is 1. The minimum atomic E-state index is -3.66. The molecular formula is C22H20N2O3S. The SMILES string of the molecule is O=S(=O)(c1ccccc1-c1ccno1)N1C2C=C(c3ccccc3)CC1CC2. The Balaban J connectivity index is 1.55. The maximum Gasteiger partial charge on any atom is 0.244 e. The number of hydrogen-bond acceptors (Lipinski definition) is 4. The van der Waals surface area contributed by atoms with Crippen molar-refractivity contribution < 1.29 is 12.9 Å². The first kappa shape index (κ1) is 17.4. The highest BCUT2D eigenvalue weighted by atomic mass is 32.2. The van der Waals surface area contributed by atoms with Gasteiger partial charge >= 0.3 is 0 Å². The van der Waals surface area contributed by atoms with Crippen molar-refractivity contribution in [2.24, 2.45) is 0 Å². The molecule has 2 aliphatic heterocycles. The first-order valence-electron chi connectivity index (χ1n) is 9.44. The van der Waals surface area contributed by atoms with Crippen LogP contribution in [0.5, 0.6) is 0 Å². The Bertz CT molecular complexity index is 1120. The predicted octanol–water partition coefficient (Wildman–Crippen LogP) is 4.35. The van der Waals surface area contributed by atoms with E-state index >= 15 is 0 Å². The van der Waals surface area contributed by atoms with Gasteiger partial charge in [0.1, 0.15) is 0 Å². The molecule has 6 heteroatoms. The van der Waals surface area contributed by atoms with E-state index in [-0.39, 0.29) is 17.0 Å². The van der Waals surface area contributed by atoms with Crippen molar-refractivity contribution >= 4 is 15.6 Å². The standard InChI is InChI=1S/C22H20N2O3S/c25-28(26,22-9-5-4-8-20(22)21-12-13-23-27-21)24-18-10-11-19(24)15-17(14-18)16-6-2-1-3-7-16/h1-9,12-14,18-19H,10-11,15H2. The lowest BCUT2D eigenvalue weighted by atomic mass is 9.96. The summed E-state index contributed by atoms with van der Waals surface area (Å²) in [6.45, 7) is 0. The van der Waals surface area contributed by atoms with Crippen molar-refractivity contribution in [3.63, 3.8) is 0 Å². The molecule has 0 N–H and O–H groups in total. The van der Waals surface area contributed by atoms with E-state index in [1.807, 2.05) is 24.3 Å². The van der Waals surface area contributed by atoms with Crippen LogP contribution < -0.4 is 0 Å². The average molecular weight is 392 g/mol. The molecule has 142 valence electrons. The van der Waals surface area contributed by atoms with E-state index in [4.69, 9.17) is 4.52 Å². The van der Waals surface area contributed by atoms with Gasteiger partial charge in [-0.1, -0.05) is 53.7 Å². The van der Waals surface area contributed by atoms with Gasteiger partial charge in [-0.3, -0.25) is 0 Å². The van der Waals surface area contributed by atoms with Gasteiger partial charge in [0.2, 0.25) is 10.0 Å². The van der Waals surface area contributed by atoms with Crippen molar-refractivity contribution in [3.8, 4) is 11.3 Å². The summed E-state index contributed by atoms with van der Waals surface area (Å²) in [7, 11) is -3.66. The average Bonchev–Trinajstić information content (AvgIpc) is 3.35. The molecule has 0 amide bonds. The molecule has 2 bridgehead atoms. The van der Waals surface area contributed by atoms with E-state index in [9.17, 15) is 8.42 Å². The van der Waals surface area contributed by atoms with E-state index in [1.54, 1.807) is 28.6 Å². The Labute approximate surface area is 164 Å². The molecule has 0 radical (unpaired) electrons. The van der Waals surface area contributed by atoms with Crippen molar-refractivity contribution in [1.82, 2.24) is 9.46 Å². The van der Waals surface area contributed by atoms with Crippen LogP contribution in [0.1, 0.15) is 24.8 Å². The van der Waals surface area contributed by atoms with Gasteiger partial charge < -0.3 is 4.52 Å². The summed E-state index contributed by atoms with van der Waals surface area (Å²) in [6, 6.07) is 18.8. The van der Waals surface area contributed by atoms with E-state index < -0.39 is 10.0 Å². The Kier molecular flexibility index (Phi) is 4.18. The van der Waals surface area contributed by atoms with Crippen molar-refractivity contribution in [2.75, 3.05) is 0 Å². The topological polar surface area (TPSA) is 63.4 Å². The Morgan fingerprint density at radius 3 is 2.50 bits per heavy atom. The second-order valence-electron chi connectivity index (χ2n) is 7.27. The van der Waals surface area contributed by atoms with Gasteiger partial charge in [-0.15, -0.1) is 0 Å². The van der Waals surface area contributed by atoms with E-state index in [1.165, 1.54) is 17.3 Å². The van der Waals surface area contributed by atoms with Crippen molar-refractivity contribution in [3.05, 3.63) is 78.5 Å². The number of sulfonamides is 1. The number of rotatable bonds is 4.